The average molecular weight is 433 g/mol. The zero-order valence-corrected chi connectivity index (χ0v) is 17.2. The Hall–Kier alpha value is -2.61. The number of anilines is 1. The van der Waals surface area contributed by atoms with Crippen LogP contribution in [-0.4, -0.2) is 42.0 Å². The fourth-order valence-corrected chi connectivity index (χ4v) is 4.64. The summed E-state index contributed by atoms with van der Waals surface area (Å²) in [7, 11) is 0. The van der Waals surface area contributed by atoms with Gasteiger partial charge in [0, 0.05) is 44.7 Å². The minimum absolute atomic E-state index is 0.0696. The van der Waals surface area contributed by atoms with Crippen molar-refractivity contribution >= 4 is 33.1 Å². The molecule has 1 aliphatic heterocycles. The van der Waals surface area contributed by atoms with Gasteiger partial charge in [-0.2, -0.15) is 13.2 Å². The van der Waals surface area contributed by atoms with Gasteiger partial charge in [0.2, 0.25) is 5.91 Å². The smallest absolute Gasteiger partial charge is 0.370 e. The standard InChI is InChI=1S/C22H22F3N3OS/c23-22(24,25)16-7-8-19-18(15-16)26-20(30-19)9-10-21(29)28-12-4-11-27(13-14-28)17-5-2-1-3-6-17/h1-3,5-8,15H,4,9-14H2. The molecule has 1 amide bonds. The number of alkyl halides is 3. The van der Waals surface area contributed by atoms with E-state index in [1.807, 2.05) is 23.1 Å². The molecule has 1 aromatic heterocycles. The molecule has 30 heavy (non-hydrogen) atoms. The Balaban J connectivity index is 1.35. The van der Waals surface area contributed by atoms with Crippen LogP contribution in [0.25, 0.3) is 10.2 Å². The van der Waals surface area contributed by atoms with Crippen molar-refractivity contribution in [2.45, 2.75) is 25.4 Å². The molecule has 0 radical (unpaired) electrons. The predicted molar refractivity (Wildman–Crippen MR) is 113 cm³/mol. The Morgan fingerprint density at radius 1 is 1.03 bits per heavy atom. The zero-order chi connectivity index (χ0) is 21.1. The van der Waals surface area contributed by atoms with Crippen molar-refractivity contribution in [3.05, 3.63) is 59.1 Å². The molecule has 0 atom stereocenters. The fraction of sp³-hybridized carbons (Fsp3) is 0.364. The minimum atomic E-state index is -4.38. The summed E-state index contributed by atoms with van der Waals surface area (Å²) >= 11 is 1.35. The number of hydrogen-bond acceptors (Lipinski definition) is 4. The fourth-order valence-electron chi connectivity index (χ4n) is 3.69. The van der Waals surface area contributed by atoms with Crippen molar-refractivity contribution in [3.63, 3.8) is 0 Å². The molecular weight excluding hydrogens is 411 g/mol. The number of carbonyl (C=O) groups is 1. The minimum Gasteiger partial charge on any atom is -0.370 e. The molecule has 4 nitrogen and oxygen atoms in total. The van der Waals surface area contributed by atoms with Gasteiger partial charge in [0.05, 0.1) is 20.8 Å². The van der Waals surface area contributed by atoms with Crippen LogP contribution in [0.4, 0.5) is 18.9 Å². The van der Waals surface area contributed by atoms with Gasteiger partial charge in [0.25, 0.3) is 0 Å². The first kappa shape index (κ1) is 20.7. The Morgan fingerprint density at radius 3 is 2.60 bits per heavy atom. The number of benzene rings is 2. The Bertz CT molecular complexity index is 1020. The molecule has 4 rings (SSSR count). The predicted octanol–water partition coefficient (Wildman–Crippen LogP) is 4.99. The highest BCUT2D eigenvalue weighted by Gasteiger charge is 2.30. The van der Waals surface area contributed by atoms with E-state index in [-0.39, 0.29) is 5.91 Å². The molecule has 0 aliphatic carbocycles. The lowest BCUT2D eigenvalue weighted by Gasteiger charge is -2.23. The number of carbonyl (C=O) groups excluding carboxylic acids is 1. The Labute approximate surface area is 176 Å². The van der Waals surface area contributed by atoms with Crippen molar-refractivity contribution in [1.82, 2.24) is 9.88 Å². The van der Waals surface area contributed by atoms with E-state index in [1.165, 1.54) is 23.1 Å². The molecule has 2 aromatic carbocycles. The molecule has 1 saturated heterocycles. The van der Waals surface area contributed by atoms with Crippen LogP contribution in [0.1, 0.15) is 23.4 Å². The van der Waals surface area contributed by atoms with Crippen molar-refractivity contribution in [2.24, 2.45) is 0 Å². The lowest BCUT2D eigenvalue weighted by Crippen LogP contribution is -2.35. The quantitative estimate of drug-likeness (QED) is 0.582. The highest BCUT2D eigenvalue weighted by atomic mass is 32.1. The van der Waals surface area contributed by atoms with Crippen LogP contribution in [0.2, 0.25) is 0 Å². The summed E-state index contributed by atoms with van der Waals surface area (Å²) in [6.07, 6.45) is -2.72. The number of aryl methyl sites for hydroxylation is 1. The molecule has 2 heterocycles. The second-order valence-corrected chi connectivity index (χ2v) is 8.46. The van der Waals surface area contributed by atoms with E-state index in [1.54, 1.807) is 0 Å². The second kappa shape index (κ2) is 8.63. The van der Waals surface area contributed by atoms with Gasteiger partial charge in [-0.15, -0.1) is 11.3 Å². The molecular formula is C22H22F3N3OS. The number of halogens is 3. The molecule has 8 heteroatoms. The maximum Gasteiger partial charge on any atom is 0.416 e. The molecule has 1 fully saturated rings. The third kappa shape index (κ3) is 4.75. The Morgan fingerprint density at radius 2 is 1.83 bits per heavy atom. The van der Waals surface area contributed by atoms with Gasteiger partial charge in [0.1, 0.15) is 0 Å². The number of thiazole rings is 1. The number of rotatable bonds is 4. The van der Waals surface area contributed by atoms with E-state index in [4.69, 9.17) is 0 Å². The highest BCUT2D eigenvalue weighted by Crippen LogP contribution is 2.33. The van der Waals surface area contributed by atoms with Crippen LogP contribution in [0, 0.1) is 0 Å². The number of amides is 1. The SMILES string of the molecule is O=C(CCc1nc2cc(C(F)(F)F)ccc2s1)N1CCCN(c2ccccc2)CC1. The van der Waals surface area contributed by atoms with Crippen molar-refractivity contribution < 1.29 is 18.0 Å². The van der Waals surface area contributed by atoms with E-state index in [0.29, 0.717) is 34.6 Å². The molecule has 0 bridgehead atoms. The third-order valence-electron chi connectivity index (χ3n) is 5.28. The topological polar surface area (TPSA) is 36.4 Å². The molecule has 0 spiro atoms. The van der Waals surface area contributed by atoms with E-state index < -0.39 is 11.7 Å². The van der Waals surface area contributed by atoms with Gasteiger partial charge >= 0.3 is 6.18 Å². The summed E-state index contributed by atoms with van der Waals surface area (Å²) in [5.74, 6) is 0.0696. The van der Waals surface area contributed by atoms with Gasteiger partial charge in [-0.05, 0) is 36.8 Å². The molecule has 0 saturated carbocycles. The maximum atomic E-state index is 12.9. The van der Waals surface area contributed by atoms with Gasteiger partial charge in [-0.25, -0.2) is 4.98 Å². The van der Waals surface area contributed by atoms with E-state index in [2.05, 4.69) is 22.0 Å². The number of nitrogens with zero attached hydrogens (tertiary/aromatic N) is 3. The molecule has 158 valence electrons. The van der Waals surface area contributed by atoms with Crippen LogP contribution in [-0.2, 0) is 17.4 Å². The first-order valence-corrected chi connectivity index (χ1v) is 10.8. The third-order valence-corrected chi connectivity index (χ3v) is 6.38. The first-order valence-electron chi connectivity index (χ1n) is 9.94. The average Bonchev–Trinajstić information content (AvgIpc) is 2.98. The summed E-state index contributed by atoms with van der Waals surface area (Å²) in [5.41, 5.74) is 0.806. The van der Waals surface area contributed by atoms with Gasteiger partial charge < -0.3 is 9.80 Å². The summed E-state index contributed by atoms with van der Waals surface area (Å²) in [5, 5.41) is 0.693. The number of hydrogen-bond donors (Lipinski definition) is 0. The van der Waals surface area contributed by atoms with Crippen LogP contribution < -0.4 is 4.90 Å². The highest BCUT2D eigenvalue weighted by molar-refractivity contribution is 7.18. The second-order valence-electron chi connectivity index (χ2n) is 7.34. The first-order chi connectivity index (χ1) is 14.4. The summed E-state index contributed by atoms with van der Waals surface area (Å²) in [6, 6.07) is 13.8. The lowest BCUT2D eigenvalue weighted by molar-refractivity contribution is -0.137. The largest absolute Gasteiger partial charge is 0.416 e. The number of fused-ring (bicyclic) bond motifs is 1. The maximum absolute atomic E-state index is 12.9. The summed E-state index contributed by atoms with van der Waals surface area (Å²) in [4.78, 5) is 21.2. The van der Waals surface area contributed by atoms with E-state index >= 15 is 0 Å². The molecule has 3 aromatic rings. The normalized spacial score (nSPS) is 15.4. The zero-order valence-electron chi connectivity index (χ0n) is 16.4. The monoisotopic (exact) mass is 433 g/mol. The number of para-hydroxylation sites is 1. The van der Waals surface area contributed by atoms with Crippen LogP contribution in [0.15, 0.2) is 48.5 Å². The van der Waals surface area contributed by atoms with E-state index in [0.717, 1.165) is 38.2 Å². The van der Waals surface area contributed by atoms with Gasteiger partial charge in [-0.1, -0.05) is 18.2 Å². The van der Waals surface area contributed by atoms with Crippen LogP contribution in [0.5, 0.6) is 0 Å². The molecule has 1 aliphatic rings. The summed E-state index contributed by atoms with van der Waals surface area (Å²) < 4.78 is 39.3. The Kier molecular flexibility index (Phi) is 5.94. The van der Waals surface area contributed by atoms with Crippen LogP contribution in [0.3, 0.4) is 0 Å². The molecule has 0 unspecified atom stereocenters. The summed E-state index contributed by atoms with van der Waals surface area (Å²) in [6.45, 7) is 3.09. The lowest BCUT2D eigenvalue weighted by atomic mass is 10.2. The van der Waals surface area contributed by atoms with Crippen molar-refractivity contribution in [3.8, 4) is 0 Å². The van der Waals surface area contributed by atoms with E-state index in [9.17, 15) is 18.0 Å². The van der Waals surface area contributed by atoms with Crippen molar-refractivity contribution in [2.75, 3.05) is 31.1 Å². The molecule has 0 N–H and O–H groups in total. The number of aromatic nitrogens is 1. The van der Waals surface area contributed by atoms with Crippen LogP contribution >= 0.6 is 11.3 Å². The van der Waals surface area contributed by atoms with Crippen molar-refractivity contribution in [1.29, 1.82) is 0 Å². The van der Waals surface area contributed by atoms with Gasteiger partial charge in [-0.3, -0.25) is 4.79 Å². The van der Waals surface area contributed by atoms with Gasteiger partial charge in [0.15, 0.2) is 0 Å².